The summed E-state index contributed by atoms with van der Waals surface area (Å²) in [5, 5.41) is 0. The Bertz CT molecular complexity index is 864. The van der Waals surface area contributed by atoms with Gasteiger partial charge in [0.05, 0.1) is 13.7 Å². The van der Waals surface area contributed by atoms with Crippen molar-refractivity contribution in [2.75, 3.05) is 13.7 Å². The highest BCUT2D eigenvalue weighted by atomic mass is 16.6. The molecule has 0 N–H and O–H groups in total. The van der Waals surface area contributed by atoms with E-state index in [4.69, 9.17) is 18.9 Å². The van der Waals surface area contributed by atoms with E-state index in [0.717, 1.165) is 16.9 Å². The summed E-state index contributed by atoms with van der Waals surface area (Å²) in [6.45, 7) is 14.7. The van der Waals surface area contributed by atoms with Gasteiger partial charge < -0.3 is 18.9 Å². The Morgan fingerprint density at radius 3 is 2.44 bits per heavy atom. The molecule has 0 saturated carbocycles. The normalized spacial score (nSPS) is 18.7. The smallest absolute Gasteiger partial charge is 0.413 e. The number of benzene rings is 1. The fraction of sp³-hybridized carbons (Fsp3) is 0.600. The number of carbonyl (C=O) groups excluding carboxylic acids is 2. The third-order valence-electron chi connectivity index (χ3n) is 5.11. The first-order valence-electron chi connectivity index (χ1n) is 10.9. The summed E-state index contributed by atoms with van der Waals surface area (Å²) >= 11 is 0. The molecular formula is C25H37NO6. The van der Waals surface area contributed by atoms with Crippen LogP contribution in [0.25, 0.3) is 0 Å². The first-order chi connectivity index (χ1) is 14.7. The number of esters is 1. The van der Waals surface area contributed by atoms with Crippen LogP contribution >= 0.6 is 0 Å². The molecule has 1 fully saturated rings. The average Bonchev–Trinajstić information content (AvgIpc) is 2.97. The van der Waals surface area contributed by atoms with Crippen molar-refractivity contribution in [1.82, 2.24) is 4.90 Å². The average molecular weight is 448 g/mol. The third-order valence-corrected chi connectivity index (χ3v) is 5.11. The maximum atomic E-state index is 13.1. The standard InChI is InChI=1S/C25H37NO6/c1-16(2)10-11-18-14-19(12-13-21(18)29-9)22(31-17(3)27)20-15-30-25(7,8)26(20)23(28)32-24(4,5)6/h10,12-14,20,22H,11,15H2,1-9H3/t20-,22+/m0/s1. The Balaban J connectivity index is 2.50. The molecule has 1 aliphatic heterocycles. The Kier molecular flexibility index (Phi) is 7.99. The van der Waals surface area contributed by atoms with Crippen molar-refractivity contribution in [3.8, 4) is 5.75 Å². The van der Waals surface area contributed by atoms with Crippen molar-refractivity contribution in [1.29, 1.82) is 0 Å². The van der Waals surface area contributed by atoms with Crippen LogP contribution in [0.4, 0.5) is 4.79 Å². The zero-order valence-electron chi connectivity index (χ0n) is 20.8. The molecule has 1 aromatic carbocycles. The molecule has 1 aliphatic rings. The molecule has 0 spiro atoms. The number of amides is 1. The predicted octanol–water partition coefficient (Wildman–Crippen LogP) is 5.18. The van der Waals surface area contributed by atoms with Gasteiger partial charge in [-0.3, -0.25) is 9.69 Å². The second-order valence-electron chi connectivity index (χ2n) is 9.76. The van der Waals surface area contributed by atoms with Crippen LogP contribution in [-0.4, -0.2) is 48.0 Å². The number of nitrogens with zero attached hydrogens (tertiary/aromatic N) is 1. The van der Waals surface area contributed by atoms with Crippen molar-refractivity contribution in [2.45, 2.75) is 85.3 Å². The minimum atomic E-state index is -0.914. The van der Waals surface area contributed by atoms with Crippen LogP contribution in [0.3, 0.4) is 0 Å². The molecule has 0 aliphatic carbocycles. The second-order valence-corrected chi connectivity index (χ2v) is 9.76. The second kappa shape index (κ2) is 9.94. The summed E-state index contributed by atoms with van der Waals surface area (Å²) in [6, 6.07) is 5.13. The Morgan fingerprint density at radius 2 is 1.91 bits per heavy atom. The quantitative estimate of drug-likeness (QED) is 0.442. The highest BCUT2D eigenvalue weighted by molar-refractivity contribution is 5.70. The van der Waals surface area contributed by atoms with E-state index in [2.05, 4.69) is 6.08 Å². The van der Waals surface area contributed by atoms with E-state index in [1.54, 1.807) is 21.0 Å². The highest BCUT2D eigenvalue weighted by Gasteiger charge is 2.50. The van der Waals surface area contributed by atoms with Crippen LogP contribution in [0.5, 0.6) is 5.75 Å². The predicted molar refractivity (Wildman–Crippen MR) is 123 cm³/mol. The SMILES string of the molecule is COc1ccc([C@@H](OC(C)=O)[C@@H]2COC(C)(C)N2C(=O)OC(C)(C)C)cc1CC=C(C)C. The summed E-state index contributed by atoms with van der Waals surface area (Å²) in [6.07, 6.45) is 1.55. The van der Waals surface area contributed by atoms with Crippen LogP contribution in [0.15, 0.2) is 29.8 Å². The first-order valence-corrected chi connectivity index (χ1v) is 10.9. The molecule has 0 bridgehead atoms. The summed E-state index contributed by atoms with van der Waals surface area (Å²) in [4.78, 5) is 26.7. The van der Waals surface area contributed by atoms with E-state index >= 15 is 0 Å². The maximum Gasteiger partial charge on any atom is 0.413 e. The van der Waals surface area contributed by atoms with E-state index in [9.17, 15) is 9.59 Å². The fourth-order valence-electron chi connectivity index (χ4n) is 3.72. The Hall–Kier alpha value is -2.54. The molecule has 178 valence electrons. The largest absolute Gasteiger partial charge is 0.496 e. The molecule has 0 radical (unpaired) electrons. The van der Waals surface area contributed by atoms with Crippen molar-refractivity contribution >= 4 is 12.1 Å². The molecule has 1 saturated heterocycles. The van der Waals surface area contributed by atoms with Gasteiger partial charge in [-0.1, -0.05) is 17.7 Å². The van der Waals surface area contributed by atoms with Gasteiger partial charge in [-0.15, -0.1) is 0 Å². The van der Waals surface area contributed by atoms with Gasteiger partial charge in [0, 0.05) is 6.92 Å². The Labute approximate surface area is 191 Å². The van der Waals surface area contributed by atoms with E-state index in [-0.39, 0.29) is 6.61 Å². The van der Waals surface area contributed by atoms with Crippen LogP contribution in [-0.2, 0) is 25.4 Å². The van der Waals surface area contributed by atoms with Gasteiger partial charge in [0.2, 0.25) is 0 Å². The lowest BCUT2D eigenvalue weighted by atomic mass is 9.97. The molecule has 0 unspecified atom stereocenters. The van der Waals surface area contributed by atoms with E-state index in [1.165, 1.54) is 17.4 Å². The molecular weight excluding hydrogens is 410 g/mol. The molecule has 0 aromatic heterocycles. The first kappa shape index (κ1) is 25.7. The number of rotatable bonds is 6. The third kappa shape index (κ3) is 6.48. The van der Waals surface area contributed by atoms with Gasteiger partial charge in [0.1, 0.15) is 29.2 Å². The van der Waals surface area contributed by atoms with E-state index in [0.29, 0.717) is 6.42 Å². The fourth-order valence-corrected chi connectivity index (χ4v) is 3.72. The maximum absolute atomic E-state index is 13.1. The number of hydrogen-bond acceptors (Lipinski definition) is 6. The monoisotopic (exact) mass is 447 g/mol. The minimum Gasteiger partial charge on any atom is -0.496 e. The molecule has 2 atom stereocenters. The number of ether oxygens (including phenoxy) is 4. The van der Waals surface area contributed by atoms with Crippen molar-refractivity contribution in [2.24, 2.45) is 0 Å². The van der Waals surface area contributed by atoms with Gasteiger partial charge in [0.15, 0.2) is 0 Å². The molecule has 7 heteroatoms. The lowest BCUT2D eigenvalue weighted by Crippen LogP contribution is -2.52. The summed E-state index contributed by atoms with van der Waals surface area (Å²) in [5.41, 5.74) is 1.33. The molecule has 1 aromatic rings. The molecule has 1 heterocycles. The summed E-state index contributed by atoms with van der Waals surface area (Å²) in [5.74, 6) is 0.310. The lowest BCUT2D eigenvalue weighted by molar-refractivity contribution is -0.150. The van der Waals surface area contributed by atoms with Crippen LogP contribution in [0, 0.1) is 0 Å². The minimum absolute atomic E-state index is 0.208. The topological polar surface area (TPSA) is 74.3 Å². The number of carbonyl (C=O) groups is 2. The van der Waals surface area contributed by atoms with Gasteiger partial charge in [-0.2, -0.15) is 0 Å². The Morgan fingerprint density at radius 1 is 1.25 bits per heavy atom. The van der Waals surface area contributed by atoms with Gasteiger partial charge >= 0.3 is 12.1 Å². The number of allylic oxidation sites excluding steroid dienone is 2. The van der Waals surface area contributed by atoms with Gasteiger partial charge in [-0.05, 0) is 78.1 Å². The van der Waals surface area contributed by atoms with Crippen LogP contribution in [0.2, 0.25) is 0 Å². The van der Waals surface area contributed by atoms with E-state index in [1.807, 2.05) is 52.8 Å². The molecule has 32 heavy (non-hydrogen) atoms. The van der Waals surface area contributed by atoms with Crippen LogP contribution < -0.4 is 4.74 Å². The summed E-state index contributed by atoms with van der Waals surface area (Å²) in [7, 11) is 1.63. The van der Waals surface area contributed by atoms with Crippen molar-refractivity contribution in [3.05, 3.63) is 41.0 Å². The number of methoxy groups -OCH3 is 1. The van der Waals surface area contributed by atoms with Crippen molar-refractivity contribution < 1.29 is 28.5 Å². The molecule has 1 amide bonds. The number of hydrogen-bond donors (Lipinski definition) is 0. The van der Waals surface area contributed by atoms with Crippen LogP contribution in [0.1, 0.15) is 72.6 Å². The van der Waals surface area contributed by atoms with E-state index < -0.39 is 35.5 Å². The lowest BCUT2D eigenvalue weighted by Gasteiger charge is -2.37. The van der Waals surface area contributed by atoms with Crippen molar-refractivity contribution in [3.63, 3.8) is 0 Å². The zero-order chi connectivity index (χ0) is 24.3. The summed E-state index contributed by atoms with van der Waals surface area (Å²) < 4.78 is 22.9. The molecule has 2 rings (SSSR count). The van der Waals surface area contributed by atoms with Gasteiger partial charge in [0.25, 0.3) is 0 Å². The highest BCUT2D eigenvalue weighted by Crippen LogP contribution is 2.38. The van der Waals surface area contributed by atoms with Gasteiger partial charge in [-0.25, -0.2) is 4.79 Å². The molecule has 7 nitrogen and oxygen atoms in total. The zero-order valence-corrected chi connectivity index (χ0v) is 20.8.